The van der Waals surface area contributed by atoms with Crippen LogP contribution in [-0.2, 0) is 11.2 Å². The number of carbonyl (C=O) groups is 1. The Bertz CT molecular complexity index is 1030. The molecule has 0 saturated heterocycles. The molecule has 2 atom stereocenters. The molecule has 3 aliphatic rings. The van der Waals surface area contributed by atoms with Crippen LogP contribution in [0.3, 0.4) is 0 Å². The summed E-state index contributed by atoms with van der Waals surface area (Å²) in [7, 11) is 6.75. The van der Waals surface area contributed by atoms with E-state index in [0.29, 0.717) is 34.3 Å². The molecule has 3 heterocycles. The molecule has 5 rings (SSSR count). The molecule has 1 unspecified atom stereocenters. The first-order valence-electron chi connectivity index (χ1n) is 9.73. The van der Waals surface area contributed by atoms with Crippen LogP contribution in [-0.4, -0.2) is 52.6 Å². The number of nitrogens with zero attached hydrogens (tertiary/aromatic N) is 1. The maximum absolute atomic E-state index is 12.7. The van der Waals surface area contributed by atoms with Gasteiger partial charge in [0.05, 0.1) is 32.9 Å². The minimum atomic E-state index is -0.523. The highest BCUT2D eigenvalue weighted by molar-refractivity contribution is 5.95. The molecule has 0 spiro atoms. The van der Waals surface area contributed by atoms with Gasteiger partial charge in [0.15, 0.2) is 23.0 Å². The molecule has 8 heteroatoms. The van der Waals surface area contributed by atoms with E-state index in [2.05, 4.69) is 4.90 Å². The van der Waals surface area contributed by atoms with Crippen molar-refractivity contribution >= 4 is 5.97 Å². The molecule has 0 bridgehead atoms. The van der Waals surface area contributed by atoms with Crippen molar-refractivity contribution < 1.29 is 33.2 Å². The first-order valence-corrected chi connectivity index (χ1v) is 9.73. The molecule has 8 nitrogen and oxygen atoms in total. The number of carbonyl (C=O) groups excluding carboxylic acids is 1. The van der Waals surface area contributed by atoms with Gasteiger partial charge in [0, 0.05) is 17.7 Å². The Morgan fingerprint density at radius 1 is 1.03 bits per heavy atom. The second-order valence-corrected chi connectivity index (χ2v) is 7.51. The van der Waals surface area contributed by atoms with Crippen molar-refractivity contribution in [3.8, 4) is 28.7 Å². The van der Waals surface area contributed by atoms with Crippen molar-refractivity contribution in [2.45, 2.75) is 18.6 Å². The summed E-state index contributed by atoms with van der Waals surface area (Å²) in [5.41, 5.74) is 3.31. The summed E-state index contributed by atoms with van der Waals surface area (Å²) < 4.78 is 33.8. The van der Waals surface area contributed by atoms with E-state index < -0.39 is 6.10 Å². The van der Waals surface area contributed by atoms with Gasteiger partial charge in [-0.2, -0.15) is 0 Å². The van der Waals surface area contributed by atoms with E-state index >= 15 is 0 Å². The molecule has 2 aromatic carbocycles. The van der Waals surface area contributed by atoms with Crippen molar-refractivity contribution in [3.05, 3.63) is 40.5 Å². The summed E-state index contributed by atoms with van der Waals surface area (Å²) in [6, 6.07) is 5.26. The molecule has 0 fully saturated rings. The van der Waals surface area contributed by atoms with Gasteiger partial charge in [-0.25, -0.2) is 4.79 Å². The number of ether oxygens (including phenoxy) is 6. The van der Waals surface area contributed by atoms with Crippen molar-refractivity contribution in [1.82, 2.24) is 4.90 Å². The summed E-state index contributed by atoms with van der Waals surface area (Å²) in [4.78, 5) is 14.9. The van der Waals surface area contributed by atoms with E-state index in [1.54, 1.807) is 27.4 Å². The maximum atomic E-state index is 12.7. The summed E-state index contributed by atoms with van der Waals surface area (Å²) >= 11 is 0. The monoisotopic (exact) mass is 413 g/mol. The molecule has 30 heavy (non-hydrogen) atoms. The first kappa shape index (κ1) is 18.9. The number of hydrogen-bond acceptors (Lipinski definition) is 8. The van der Waals surface area contributed by atoms with Crippen LogP contribution in [0, 0.1) is 0 Å². The highest BCUT2D eigenvalue weighted by Crippen LogP contribution is 2.54. The minimum Gasteiger partial charge on any atom is -0.493 e. The predicted molar refractivity (Wildman–Crippen MR) is 106 cm³/mol. The lowest BCUT2D eigenvalue weighted by atomic mass is 9.85. The number of esters is 1. The normalized spacial score (nSPS) is 21.7. The van der Waals surface area contributed by atoms with Gasteiger partial charge < -0.3 is 28.4 Å². The third-order valence-corrected chi connectivity index (χ3v) is 6.06. The van der Waals surface area contributed by atoms with Gasteiger partial charge in [0.2, 0.25) is 12.5 Å². The second-order valence-electron chi connectivity index (χ2n) is 7.51. The zero-order valence-electron chi connectivity index (χ0n) is 17.3. The highest BCUT2D eigenvalue weighted by atomic mass is 16.7. The summed E-state index contributed by atoms with van der Waals surface area (Å²) in [5.74, 6) is 2.57. The number of cyclic esters (lactones) is 1. The third-order valence-electron chi connectivity index (χ3n) is 6.06. The van der Waals surface area contributed by atoms with Crippen molar-refractivity contribution in [1.29, 1.82) is 0 Å². The van der Waals surface area contributed by atoms with Crippen LogP contribution in [0.4, 0.5) is 0 Å². The number of likely N-dealkylation sites (N-methyl/N-ethyl adjacent to an activating group) is 1. The van der Waals surface area contributed by atoms with Crippen LogP contribution in [0.5, 0.6) is 28.7 Å². The average Bonchev–Trinajstić information content (AvgIpc) is 3.35. The maximum Gasteiger partial charge on any atom is 0.339 e. The van der Waals surface area contributed by atoms with E-state index in [-0.39, 0.29) is 18.8 Å². The van der Waals surface area contributed by atoms with E-state index in [4.69, 9.17) is 28.4 Å². The van der Waals surface area contributed by atoms with Crippen LogP contribution in [0.2, 0.25) is 0 Å². The molecule has 0 N–H and O–H groups in total. The van der Waals surface area contributed by atoms with E-state index in [0.717, 1.165) is 29.7 Å². The van der Waals surface area contributed by atoms with E-state index in [9.17, 15) is 4.79 Å². The van der Waals surface area contributed by atoms with Crippen molar-refractivity contribution in [2.75, 3.05) is 41.7 Å². The lowest BCUT2D eigenvalue weighted by molar-refractivity contribution is 0.00878. The first-order chi connectivity index (χ1) is 14.6. The molecule has 0 saturated carbocycles. The Balaban J connectivity index is 1.68. The van der Waals surface area contributed by atoms with Crippen LogP contribution in [0.15, 0.2) is 18.2 Å². The molecule has 2 aromatic rings. The van der Waals surface area contributed by atoms with Crippen LogP contribution in [0.25, 0.3) is 0 Å². The standard InChI is InChI=1S/C22H23NO7/c1-23-6-5-11-7-16-20(29-10-28-16)21(27-4)17(11)18(23)19-12-8-14(25-2)15(26-3)9-13(12)22(24)30-19/h7-9,18-19H,5-6,10H2,1-4H3/t18-,19?/m1/s1. The Morgan fingerprint density at radius 3 is 2.53 bits per heavy atom. The Kier molecular flexibility index (Phi) is 4.39. The van der Waals surface area contributed by atoms with Crippen molar-refractivity contribution in [2.24, 2.45) is 0 Å². The lowest BCUT2D eigenvalue weighted by Gasteiger charge is -2.38. The lowest BCUT2D eigenvalue weighted by Crippen LogP contribution is -2.36. The largest absolute Gasteiger partial charge is 0.493 e. The number of hydrogen-bond donors (Lipinski definition) is 0. The number of rotatable bonds is 4. The quantitative estimate of drug-likeness (QED) is 0.709. The fourth-order valence-electron chi connectivity index (χ4n) is 4.63. The molecule has 0 amide bonds. The average molecular weight is 413 g/mol. The Morgan fingerprint density at radius 2 is 1.80 bits per heavy atom. The van der Waals surface area contributed by atoms with Crippen LogP contribution in [0.1, 0.15) is 39.2 Å². The Labute approximate surface area is 174 Å². The van der Waals surface area contributed by atoms with Crippen LogP contribution < -0.4 is 23.7 Å². The summed E-state index contributed by atoms with van der Waals surface area (Å²) in [5, 5.41) is 0. The van der Waals surface area contributed by atoms with Gasteiger partial charge in [-0.3, -0.25) is 4.90 Å². The molecule has 158 valence electrons. The molecular weight excluding hydrogens is 390 g/mol. The molecule has 3 aliphatic heterocycles. The number of methoxy groups -OCH3 is 3. The van der Waals surface area contributed by atoms with Crippen LogP contribution >= 0.6 is 0 Å². The predicted octanol–water partition coefficient (Wildman–Crippen LogP) is 2.88. The van der Waals surface area contributed by atoms with Gasteiger partial charge in [-0.15, -0.1) is 0 Å². The molecule has 0 aromatic heterocycles. The SMILES string of the molecule is COc1cc2c(cc1OC)C([C@H]1c3c(cc4c(c3OC)OCO4)CCN1C)OC2=O. The summed E-state index contributed by atoms with van der Waals surface area (Å²) in [6.07, 6.45) is 0.306. The summed E-state index contributed by atoms with van der Waals surface area (Å²) in [6.45, 7) is 0.963. The molecule has 0 radical (unpaired) electrons. The van der Waals surface area contributed by atoms with Gasteiger partial charge in [0.25, 0.3) is 0 Å². The number of benzene rings is 2. The fraction of sp³-hybridized carbons (Fsp3) is 0.409. The zero-order valence-corrected chi connectivity index (χ0v) is 17.3. The third kappa shape index (κ3) is 2.60. The van der Waals surface area contributed by atoms with Gasteiger partial charge in [-0.05, 0) is 37.2 Å². The molecule has 0 aliphatic carbocycles. The second kappa shape index (κ2) is 6.98. The van der Waals surface area contributed by atoms with Gasteiger partial charge in [-0.1, -0.05) is 0 Å². The topological polar surface area (TPSA) is 75.7 Å². The Hall–Kier alpha value is -3.13. The van der Waals surface area contributed by atoms with Gasteiger partial charge in [0.1, 0.15) is 6.10 Å². The smallest absolute Gasteiger partial charge is 0.339 e. The van der Waals surface area contributed by atoms with Gasteiger partial charge >= 0.3 is 5.97 Å². The van der Waals surface area contributed by atoms with Crippen molar-refractivity contribution in [3.63, 3.8) is 0 Å². The van der Waals surface area contributed by atoms with E-state index in [1.807, 2.05) is 19.2 Å². The highest BCUT2D eigenvalue weighted by Gasteiger charge is 2.45. The minimum absolute atomic E-state index is 0.160. The number of fused-ring (bicyclic) bond motifs is 3. The van der Waals surface area contributed by atoms with E-state index in [1.165, 1.54) is 0 Å². The fourth-order valence-corrected chi connectivity index (χ4v) is 4.63. The molecular formula is C22H23NO7. The zero-order chi connectivity index (χ0) is 21.0.